The van der Waals surface area contributed by atoms with Gasteiger partial charge in [0.1, 0.15) is 12.3 Å². The molecule has 0 aromatic heterocycles. The quantitative estimate of drug-likeness (QED) is 0.186. The van der Waals surface area contributed by atoms with Crippen molar-refractivity contribution in [3.05, 3.63) is 0 Å². The third-order valence-electron chi connectivity index (χ3n) is 8.80. The number of rotatable bonds is 16. The van der Waals surface area contributed by atoms with E-state index in [9.17, 15) is 36.7 Å². The molecule has 3 amide bonds. The second kappa shape index (κ2) is 17.7. The summed E-state index contributed by atoms with van der Waals surface area (Å²) in [7, 11) is -4.06. The molecule has 0 heterocycles. The van der Waals surface area contributed by atoms with Crippen LogP contribution in [0.1, 0.15) is 92.4 Å². The Balaban J connectivity index is 2.30. The van der Waals surface area contributed by atoms with Crippen molar-refractivity contribution in [2.24, 2.45) is 28.8 Å². The molecule has 0 aliphatic heterocycles. The van der Waals surface area contributed by atoms with Crippen molar-refractivity contribution in [3.8, 4) is 0 Å². The number of nitrogens with two attached hydrogens (primary N) is 1. The number of nitrogens with zero attached hydrogens (tertiary/aromatic N) is 2. The molecule has 0 aromatic rings. The maximum absolute atomic E-state index is 14.3. The number of hydrazine groups is 1. The first kappa shape index (κ1) is 38.3. The van der Waals surface area contributed by atoms with Crippen molar-refractivity contribution in [2.75, 3.05) is 26.2 Å². The van der Waals surface area contributed by atoms with Crippen molar-refractivity contribution in [1.29, 1.82) is 0 Å². The van der Waals surface area contributed by atoms with E-state index in [0.29, 0.717) is 19.6 Å². The van der Waals surface area contributed by atoms with E-state index < -0.39 is 63.4 Å². The third kappa shape index (κ3) is 11.8. The van der Waals surface area contributed by atoms with Crippen molar-refractivity contribution in [1.82, 2.24) is 20.7 Å². The molecule has 44 heavy (non-hydrogen) atoms. The van der Waals surface area contributed by atoms with E-state index >= 15 is 0 Å². The summed E-state index contributed by atoms with van der Waals surface area (Å²) in [5.41, 5.74) is 2.74. The van der Waals surface area contributed by atoms with Gasteiger partial charge in [-0.3, -0.25) is 19.8 Å². The van der Waals surface area contributed by atoms with Crippen LogP contribution in [0.25, 0.3) is 0 Å². The van der Waals surface area contributed by atoms with Crippen LogP contribution >= 0.6 is 0 Å². The highest BCUT2D eigenvalue weighted by Crippen LogP contribution is 2.35. The molecule has 0 bridgehead atoms. The molecule has 256 valence electrons. The Morgan fingerprint density at radius 3 is 2.00 bits per heavy atom. The summed E-state index contributed by atoms with van der Waals surface area (Å²) in [6, 6.07) is -0.935. The van der Waals surface area contributed by atoms with E-state index in [-0.39, 0.29) is 69.2 Å². The van der Waals surface area contributed by atoms with Gasteiger partial charge in [0.15, 0.2) is 0 Å². The zero-order valence-corrected chi connectivity index (χ0v) is 27.8. The smallest absolute Gasteiger partial charge is 0.236 e. The Bertz CT molecular complexity index is 1030. The summed E-state index contributed by atoms with van der Waals surface area (Å²) in [6.07, 6.45) is -2.24. The summed E-state index contributed by atoms with van der Waals surface area (Å²) in [5, 5.41) is 20.1. The number of halogens is 2. The normalized spacial score (nSPS) is 27.5. The summed E-state index contributed by atoms with van der Waals surface area (Å²) >= 11 is 0. The second-order valence-corrected chi connectivity index (χ2v) is 14.8. The van der Waals surface area contributed by atoms with Crippen LogP contribution in [0.5, 0.6) is 0 Å². The topological polar surface area (TPSA) is 162 Å². The molecule has 0 saturated heterocycles. The number of carbonyl (C=O) groups excluding carboxylic acids is 3. The zero-order valence-electron chi connectivity index (χ0n) is 27.0. The van der Waals surface area contributed by atoms with Gasteiger partial charge in [-0.25, -0.2) is 27.3 Å². The minimum absolute atomic E-state index is 0.0241. The van der Waals surface area contributed by atoms with Gasteiger partial charge >= 0.3 is 0 Å². The van der Waals surface area contributed by atoms with Gasteiger partial charge < -0.3 is 15.3 Å². The van der Waals surface area contributed by atoms with Crippen LogP contribution in [0.15, 0.2) is 0 Å². The molecule has 14 heteroatoms. The molecule has 2 aliphatic carbocycles. The Morgan fingerprint density at radius 2 is 1.50 bits per heavy atom. The highest BCUT2D eigenvalue weighted by atomic mass is 32.2. The third-order valence-corrected chi connectivity index (χ3v) is 10.1. The van der Waals surface area contributed by atoms with Gasteiger partial charge in [0, 0.05) is 50.4 Å². The van der Waals surface area contributed by atoms with Crippen LogP contribution in [0.2, 0.25) is 0 Å². The Hall–Kier alpha value is -1.90. The maximum atomic E-state index is 14.3. The van der Waals surface area contributed by atoms with Gasteiger partial charge in [-0.15, -0.1) is 0 Å². The lowest BCUT2D eigenvalue weighted by molar-refractivity contribution is -0.138. The molecular formula is C30H55F2N5O6S. The number of hydrogen-bond donors (Lipinski definition) is 4. The van der Waals surface area contributed by atoms with E-state index in [1.807, 2.05) is 13.8 Å². The van der Waals surface area contributed by atoms with Gasteiger partial charge in [0.25, 0.3) is 0 Å². The molecule has 0 spiro atoms. The van der Waals surface area contributed by atoms with E-state index in [4.69, 9.17) is 5.14 Å². The van der Waals surface area contributed by atoms with Gasteiger partial charge in [0.05, 0.1) is 17.4 Å². The van der Waals surface area contributed by atoms with Crippen LogP contribution in [0, 0.1) is 23.7 Å². The second-order valence-electron chi connectivity index (χ2n) is 13.0. The molecular weight excluding hydrogens is 596 g/mol. The summed E-state index contributed by atoms with van der Waals surface area (Å²) in [6.45, 7) is 10.5. The number of aliphatic hydroxyl groups excluding tert-OH is 1. The lowest BCUT2D eigenvalue weighted by Gasteiger charge is -2.37. The monoisotopic (exact) mass is 651 g/mol. The lowest BCUT2D eigenvalue weighted by Crippen LogP contribution is -2.55. The van der Waals surface area contributed by atoms with Crippen LogP contribution in [0.4, 0.5) is 8.78 Å². The van der Waals surface area contributed by atoms with E-state index in [1.54, 1.807) is 25.7 Å². The van der Waals surface area contributed by atoms with Crippen molar-refractivity contribution in [3.63, 3.8) is 0 Å². The Morgan fingerprint density at radius 1 is 0.932 bits per heavy atom. The molecule has 2 saturated carbocycles. The SMILES string of the molecule is CCCN(CCC)C(=O)C1CC(C(=O)NC(CC2CC(F)CC(F)C2)C(O)CN(CC)NC(=O)C(C)C)CC(S(N)(=O)=O)C1. The first-order chi connectivity index (χ1) is 20.6. The maximum Gasteiger partial charge on any atom is 0.236 e. The van der Waals surface area contributed by atoms with E-state index in [2.05, 4.69) is 10.7 Å². The zero-order chi connectivity index (χ0) is 33.2. The lowest BCUT2D eigenvalue weighted by atomic mass is 9.79. The summed E-state index contributed by atoms with van der Waals surface area (Å²) < 4.78 is 53.5. The highest BCUT2D eigenvalue weighted by Gasteiger charge is 2.42. The first-order valence-electron chi connectivity index (χ1n) is 16.2. The molecule has 0 aromatic carbocycles. The number of hydrogen-bond acceptors (Lipinski definition) is 7. The number of alkyl halides is 2. The molecule has 2 aliphatic rings. The molecule has 11 nitrogen and oxygen atoms in total. The average molecular weight is 652 g/mol. The number of likely N-dealkylation sites (N-methyl/N-ethyl adjacent to an activating group) is 1. The minimum Gasteiger partial charge on any atom is -0.390 e. The predicted octanol–water partition coefficient (Wildman–Crippen LogP) is 2.43. The van der Waals surface area contributed by atoms with Crippen LogP contribution < -0.4 is 15.9 Å². The van der Waals surface area contributed by atoms with Crippen LogP contribution in [-0.2, 0) is 24.4 Å². The summed E-state index contributed by atoms with van der Waals surface area (Å²) in [5.74, 6) is -3.34. The standard InChI is InChI=1S/C30H55F2N5O6S/c1-6-9-36(10-7-2)30(41)22-14-21(15-25(16-22)44(33,42)43)29(40)34-26(13-20-11-23(31)17-24(32)12-20)27(38)18-37(8-3)35-28(39)19(4)5/h19-27,38H,6-18H2,1-5H3,(H,34,40)(H,35,39)(H2,33,42,43). The van der Waals surface area contributed by atoms with Gasteiger partial charge in [-0.2, -0.15) is 0 Å². The van der Waals surface area contributed by atoms with Crippen molar-refractivity contribution >= 4 is 27.7 Å². The number of carbonyl (C=O) groups is 3. The molecule has 2 rings (SSSR count). The van der Waals surface area contributed by atoms with E-state index in [1.165, 1.54) is 5.01 Å². The Labute approximate surface area is 262 Å². The number of nitrogens with one attached hydrogen (secondary N) is 2. The van der Waals surface area contributed by atoms with Crippen LogP contribution in [-0.4, -0.2) is 97.1 Å². The molecule has 5 N–H and O–H groups in total. The van der Waals surface area contributed by atoms with E-state index in [0.717, 1.165) is 12.8 Å². The highest BCUT2D eigenvalue weighted by molar-refractivity contribution is 7.89. The van der Waals surface area contributed by atoms with Gasteiger partial charge in [-0.05, 0) is 57.3 Å². The molecule has 2 fully saturated rings. The fourth-order valence-corrected chi connectivity index (χ4v) is 7.43. The van der Waals surface area contributed by atoms with Crippen molar-refractivity contribution in [2.45, 2.75) is 122 Å². The molecule has 7 unspecified atom stereocenters. The fraction of sp³-hybridized carbons (Fsp3) is 0.900. The first-order valence-corrected chi connectivity index (χ1v) is 17.8. The number of primary sulfonamides is 1. The summed E-state index contributed by atoms with van der Waals surface area (Å²) in [4.78, 5) is 41.2. The Kier molecular flexibility index (Phi) is 15.4. The average Bonchev–Trinajstić information content (AvgIpc) is 2.94. The molecule has 0 radical (unpaired) electrons. The molecule has 7 atom stereocenters. The fourth-order valence-electron chi connectivity index (χ4n) is 6.43. The van der Waals surface area contributed by atoms with Gasteiger partial charge in [0.2, 0.25) is 27.7 Å². The minimum atomic E-state index is -4.06. The van der Waals surface area contributed by atoms with Crippen molar-refractivity contribution < 1.29 is 36.7 Å². The largest absolute Gasteiger partial charge is 0.390 e. The number of sulfonamides is 1. The van der Waals surface area contributed by atoms with Gasteiger partial charge in [-0.1, -0.05) is 34.6 Å². The number of aliphatic hydroxyl groups is 1. The number of amides is 3. The van der Waals surface area contributed by atoms with Crippen LogP contribution in [0.3, 0.4) is 0 Å². The predicted molar refractivity (Wildman–Crippen MR) is 165 cm³/mol.